The number of carbonyl (C=O) groups excluding carboxylic acids is 1. The van der Waals surface area contributed by atoms with Gasteiger partial charge in [-0.2, -0.15) is 5.26 Å². The molecule has 6 nitrogen and oxygen atoms in total. The third-order valence-corrected chi connectivity index (χ3v) is 5.91. The highest BCUT2D eigenvalue weighted by Gasteiger charge is 2.49. The first kappa shape index (κ1) is 18.8. The molecule has 0 atom stereocenters. The van der Waals surface area contributed by atoms with Crippen LogP contribution in [0.4, 0.5) is 4.79 Å². The average molecular weight is 380 g/mol. The van der Waals surface area contributed by atoms with Gasteiger partial charge < -0.3 is 14.6 Å². The van der Waals surface area contributed by atoms with Gasteiger partial charge in [-0.1, -0.05) is 6.07 Å². The topological polar surface area (TPSA) is 72.4 Å². The van der Waals surface area contributed by atoms with E-state index in [0.717, 1.165) is 50.0 Å². The number of rotatable bonds is 2. The van der Waals surface area contributed by atoms with Gasteiger partial charge in [-0.15, -0.1) is 0 Å². The molecule has 1 aromatic carbocycles. The number of nitrogens with one attached hydrogen (secondary N) is 1. The lowest BCUT2D eigenvalue weighted by Gasteiger charge is -2.48. The Bertz CT molecular complexity index is 957. The summed E-state index contributed by atoms with van der Waals surface area (Å²) in [6.45, 7) is 12.4. The van der Waals surface area contributed by atoms with Crippen LogP contribution in [0.5, 0.6) is 0 Å². The summed E-state index contributed by atoms with van der Waals surface area (Å²) in [5.41, 5.74) is 3.92. The maximum absolute atomic E-state index is 12.3. The molecule has 0 unspecified atom stereocenters. The smallest absolute Gasteiger partial charge is 0.410 e. The summed E-state index contributed by atoms with van der Waals surface area (Å²) in [6.07, 6.45) is 0.856. The third kappa shape index (κ3) is 3.47. The molecular weight excluding hydrogens is 352 g/mol. The molecule has 0 radical (unpaired) electrons. The zero-order valence-corrected chi connectivity index (χ0v) is 17.1. The Morgan fingerprint density at radius 3 is 2.75 bits per heavy atom. The molecule has 0 saturated carbocycles. The number of H-pyrrole nitrogens is 1. The van der Waals surface area contributed by atoms with Crippen LogP contribution in [0, 0.1) is 23.7 Å². The Labute approximate surface area is 166 Å². The Hall–Kier alpha value is -2.52. The van der Waals surface area contributed by atoms with Gasteiger partial charge in [-0.05, 0) is 57.4 Å². The summed E-state index contributed by atoms with van der Waals surface area (Å²) in [7, 11) is 0. The zero-order valence-electron chi connectivity index (χ0n) is 17.1. The summed E-state index contributed by atoms with van der Waals surface area (Å²) in [5.74, 6) is 0. The molecule has 148 valence electrons. The summed E-state index contributed by atoms with van der Waals surface area (Å²) in [6, 6.07) is 8.33. The molecule has 6 heteroatoms. The van der Waals surface area contributed by atoms with Gasteiger partial charge in [-0.25, -0.2) is 4.79 Å². The summed E-state index contributed by atoms with van der Waals surface area (Å²) in [4.78, 5) is 19.8. The molecule has 1 spiro atoms. The minimum Gasteiger partial charge on any atom is -0.444 e. The van der Waals surface area contributed by atoms with E-state index < -0.39 is 5.60 Å². The summed E-state index contributed by atoms with van der Waals surface area (Å²) < 4.78 is 5.52. The molecule has 0 bridgehead atoms. The number of carbonyl (C=O) groups is 1. The van der Waals surface area contributed by atoms with E-state index in [-0.39, 0.29) is 11.5 Å². The normalized spacial score (nSPS) is 19.0. The van der Waals surface area contributed by atoms with Crippen molar-refractivity contribution in [1.82, 2.24) is 14.8 Å². The number of hydrogen-bond acceptors (Lipinski definition) is 4. The zero-order chi connectivity index (χ0) is 20.1. The number of aryl methyl sites for hydroxylation is 1. The van der Waals surface area contributed by atoms with E-state index in [1.165, 1.54) is 11.1 Å². The fourth-order valence-corrected chi connectivity index (χ4v) is 4.56. The highest BCUT2D eigenvalue weighted by Crippen LogP contribution is 2.41. The first-order chi connectivity index (χ1) is 13.2. The number of aromatic nitrogens is 1. The van der Waals surface area contributed by atoms with Crippen molar-refractivity contribution in [3.8, 4) is 6.07 Å². The van der Waals surface area contributed by atoms with E-state index in [1.807, 2.05) is 31.7 Å². The van der Waals surface area contributed by atoms with E-state index in [4.69, 9.17) is 10.00 Å². The largest absolute Gasteiger partial charge is 0.444 e. The van der Waals surface area contributed by atoms with Gasteiger partial charge in [0.25, 0.3) is 0 Å². The van der Waals surface area contributed by atoms with Gasteiger partial charge in [0.05, 0.1) is 0 Å². The van der Waals surface area contributed by atoms with Crippen molar-refractivity contribution in [3.05, 3.63) is 35.0 Å². The molecule has 1 aromatic heterocycles. The number of amides is 1. The van der Waals surface area contributed by atoms with Crippen LogP contribution in [0.2, 0.25) is 0 Å². The van der Waals surface area contributed by atoms with Gasteiger partial charge >= 0.3 is 6.09 Å². The van der Waals surface area contributed by atoms with Crippen molar-refractivity contribution in [2.24, 2.45) is 5.41 Å². The number of hydrogen-bond donors (Lipinski definition) is 1. The quantitative estimate of drug-likeness (QED) is 0.860. The molecule has 1 N–H and O–H groups in total. The number of ether oxygens (including phenoxy) is 1. The van der Waals surface area contributed by atoms with Gasteiger partial charge in [-0.3, -0.25) is 4.90 Å². The van der Waals surface area contributed by atoms with E-state index in [2.05, 4.69) is 35.0 Å². The lowest BCUT2D eigenvalue weighted by molar-refractivity contribution is -0.00621. The Morgan fingerprint density at radius 1 is 1.32 bits per heavy atom. The van der Waals surface area contributed by atoms with Crippen molar-refractivity contribution in [3.63, 3.8) is 0 Å². The van der Waals surface area contributed by atoms with E-state index in [0.29, 0.717) is 5.69 Å². The van der Waals surface area contributed by atoms with Gasteiger partial charge in [0.15, 0.2) is 0 Å². The lowest BCUT2D eigenvalue weighted by Crippen LogP contribution is -2.57. The molecule has 0 aliphatic carbocycles. The number of fused-ring (bicyclic) bond motifs is 1. The van der Waals surface area contributed by atoms with Gasteiger partial charge in [0, 0.05) is 49.0 Å². The van der Waals surface area contributed by atoms with E-state index in [9.17, 15) is 4.79 Å². The second-order valence-electron chi connectivity index (χ2n) is 9.40. The highest BCUT2D eigenvalue weighted by molar-refractivity contribution is 5.85. The number of nitrogens with zero attached hydrogens (tertiary/aromatic N) is 3. The van der Waals surface area contributed by atoms with Crippen molar-refractivity contribution < 1.29 is 9.53 Å². The maximum Gasteiger partial charge on any atom is 0.410 e. The molecular formula is C22H28N4O2. The Balaban J connectivity index is 1.37. The van der Waals surface area contributed by atoms with Crippen molar-refractivity contribution in [2.75, 3.05) is 26.2 Å². The Kier molecular flexibility index (Phi) is 4.39. The first-order valence-electron chi connectivity index (χ1n) is 9.90. The van der Waals surface area contributed by atoms with Crippen LogP contribution in [-0.2, 0) is 11.3 Å². The maximum atomic E-state index is 12.3. The Morgan fingerprint density at radius 2 is 2.07 bits per heavy atom. The van der Waals surface area contributed by atoms with Crippen LogP contribution in [-0.4, -0.2) is 52.7 Å². The fourth-order valence-electron chi connectivity index (χ4n) is 4.56. The number of nitriles is 1. The standard InChI is InChI=1S/C22H28N4O2/c1-15-16(5-6-19-18(15)9-17(10-23)24-19)11-25-12-22(13-25)7-8-26(14-22)20(27)28-21(2,3)4/h5-6,9,24H,7-8,11-14H2,1-4H3. The van der Waals surface area contributed by atoms with Crippen LogP contribution < -0.4 is 0 Å². The average Bonchev–Trinajstić information content (AvgIpc) is 3.20. The van der Waals surface area contributed by atoms with Crippen LogP contribution >= 0.6 is 0 Å². The SMILES string of the molecule is Cc1c(CN2CC3(CCN(C(=O)OC(C)(C)C)C3)C2)ccc2[nH]c(C#N)cc12. The molecule has 28 heavy (non-hydrogen) atoms. The predicted octanol–water partition coefficient (Wildman–Crippen LogP) is 3.79. The van der Waals surface area contributed by atoms with E-state index >= 15 is 0 Å². The minimum atomic E-state index is -0.446. The number of benzene rings is 1. The second-order valence-corrected chi connectivity index (χ2v) is 9.40. The molecule has 4 rings (SSSR count). The van der Waals surface area contributed by atoms with Crippen LogP contribution in [0.1, 0.15) is 44.0 Å². The predicted molar refractivity (Wildman–Crippen MR) is 108 cm³/mol. The molecule has 2 saturated heterocycles. The van der Waals surface area contributed by atoms with Crippen LogP contribution in [0.3, 0.4) is 0 Å². The van der Waals surface area contributed by atoms with E-state index in [1.54, 1.807) is 0 Å². The fraction of sp³-hybridized carbons (Fsp3) is 0.545. The van der Waals surface area contributed by atoms with Gasteiger partial charge in [0.2, 0.25) is 0 Å². The first-order valence-corrected chi connectivity index (χ1v) is 9.90. The van der Waals surface area contributed by atoms with Crippen molar-refractivity contribution in [1.29, 1.82) is 5.26 Å². The third-order valence-electron chi connectivity index (χ3n) is 5.91. The highest BCUT2D eigenvalue weighted by atomic mass is 16.6. The van der Waals surface area contributed by atoms with Gasteiger partial charge in [0.1, 0.15) is 17.4 Å². The minimum absolute atomic E-state index is 0.190. The lowest BCUT2D eigenvalue weighted by atomic mass is 9.78. The molecule has 1 amide bonds. The molecule has 2 aliphatic heterocycles. The second kappa shape index (κ2) is 6.52. The number of aromatic amines is 1. The molecule has 3 heterocycles. The van der Waals surface area contributed by atoms with Crippen molar-refractivity contribution in [2.45, 2.75) is 46.3 Å². The summed E-state index contributed by atoms with van der Waals surface area (Å²) in [5, 5.41) is 10.2. The van der Waals surface area contributed by atoms with Crippen LogP contribution in [0.15, 0.2) is 18.2 Å². The molecule has 2 aromatic rings. The number of likely N-dealkylation sites (tertiary alicyclic amines) is 2. The monoisotopic (exact) mass is 380 g/mol. The van der Waals surface area contributed by atoms with Crippen molar-refractivity contribution >= 4 is 17.0 Å². The molecule has 2 aliphatic rings. The van der Waals surface area contributed by atoms with Crippen LogP contribution in [0.25, 0.3) is 10.9 Å². The molecule has 2 fully saturated rings. The summed E-state index contributed by atoms with van der Waals surface area (Å²) >= 11 is 0.